The second-order valence-corrected chi connectivity index (χ2v) is 11.3. The number of aromatic amines is 1. The van der Waals surface area contributed by atoms with Crippen LogP contribution in [0.4, 0.5) is 20.8 Å². The molecule has 2 aromatic heterocycles. The van der Waals surface area contributed by atoms with Crippen LogP contribution in [0.15, 0.2) is 24.4 Å². The highest BCUT2D eigenvalue weighted by molar-refractivity contribution is 7.92. The van der Waals surface area contributed by atoms with E-state index in [1.165, 1.54) is 32.3 Å². The van der Waals surface area contributed by atoms with Crippen LogP contribution in [0.2, 0.25) is 5.02 Å². The van der Waals surface area contributed by atoms with Gasteiger partial charge in [-0.05, 0) is 44.9 Å². The van der Waals surface area contributed by atoms with Gasteiger partial charge in [0.05, 0.1) is 22.8 Å². The third-order valence-electron chi connectivity index (χ3n) is 6.06. The molecule has 1 aliphatic rings. The van der Waals surface area contributed by atoms with Crippen LogP contribution in [0.5, 0.6) is 0 Å². The van der Waals surface area contributed by atoms with E-state index in [0.29, 0.717) is 22.9 Å². The van der Waals surface area contributed by atoms with Gasteiger partial charge in [-0.1, -0.05) is 11.6 Å². The van der Waals surface area contributed by atoms with Crippen molar-refractivity contribution in [2.75, 3.05) is 29.4 Å². The molecule has 0 saturated heterocycles. The fourth-order valence-electron chi connectivity index (χ4n) is 3.55. The van der Waals surface area contributed by atoms with Gasteiger partial charge in [0.1, 0.15) is 11.5 Å². The van der Waals surface area contributed by atoms with Crippen molar-refractivity contribution in [3.63, 3.8) is 0 Å². The lowest BCUT2D eigenvalue weighted by molar-refractivity contribution is 0.144. The van der Waals surface area contributed by atoms with E-state index in [0.717, 1.165) is 17.7 Å². The summed E-state index contributed by atoms with van der Waals surface area (Å²) >= 11 is 6.25. The molecule has 0 radical (unpaired) electrons. The zero-order valence-corrected chi connectivity index (χ0v) is 22.0. The first-order valence-electron chi connectivity index (χ1n) is 11.6. The monoisotopic (exact) mass is 551 g/mol. The van der Waals surface area contributed by atoms with E-state index in [4.69, 9.17) is 16.7 Å². The van der Waals surface area contributed by atoms with Gasteiger partial charge in [-0.2, -0.15) is 0 Å². The van der Waals surface area contributed by atoms with Crippen LogP contribution >= 0.6 is 11.6 Å². The average molecular weight is 552 g/mol. The van der Waals surface area contributed by atoms with Gasteiger partial charge in [0.2, 0.25) is 16.0 Å². The summed E-state index contributed by atoms with van der Waals surface area (Å²) in [6.07, 6.45) is 2.34. The van der Waals surface area contributed by atoms with Crippen molar-refractivity contribution in [2.45, 2.75) is 38.6 Å². The number of H-pyrrole nitrogens is 1. The van der Waals surface area contributed by atoms with Crippen LogP contribution in [0.1, 0.15) is 38.4 Å². The number of anilines is 2. The van der Waals surface area contributed by atoms with E-state index in [1.54, 1.807) is 13.0 Å². The number of imidazole rings is 1. The van der Waals surface area contributed by atoms with Gasteiger partial charge in [-0.25, -0.2) is 32.6 Å². The van der Waals surface area contributed by atoms with E-state index in [2.05, 4.69) is 30.0 Å². The van der Waals surface area contributed by atoms with Gasteiger partial charge in [0.15, 0.2) is 5.82 Å². The molecule has 4 rings (SSSR count). The van der Waals surface area contributed by atoms with E-state index < -0.39 is 21.9 Å². The molecule has 0 unspecified atom stereocenters. The SMILES string of the molecule is CCS(=O)(=O)Nc1cc(Cl)cc(-c2[nH]c(C3CC3)nc2-c2ccnc(NC[C@H](C)N(C)C(=O)O)n2)c1F. The Morgan fingerprint density at radius 3 is 2.73 bits per heavy atom. The van der Waals surface area contributed by atoms with Crippen LogP contribution in [-0.2, 0) is 10.0 Å². The number of aromatic nitrogens is 4. The third-order valence-corrected chi connectivity index (χ3v) is 7.56. The van der Waals surface area contributed by atoms with Crippen molar-refractivity contribution in [3.8, 4) is 22.6 Å². The van der Waals surface area contributed by atoms with Crippen LogP contribution in [0.3, 0.4) is 0 Å². The number of rotatable bonds is 10. The van der Waals surface area contributed by atoms with Gasteiger partial charge in [0.25, 0.3) is 0 Å². The van der Waals surface area contributed by atoms with Crippen molar-refractivity contribution in [2.24, 2.45) is 0 Å². The Kier molecular flexibility index (Phi) is 7.55. The molecule has 14 heteroatoms. The van der Waals surface area contributed by atoms with Gasteiger partial charge < -0.3 is 20.3 Å². The number of nitrogens with one attached hydrogen (secondary N) is 3. The Bertz CT molecular complexity index is 1430. The molecule has 4 N–H and O–H groups in total. The smallest absolute Gasteiger partial charge is 0.407 e. The van der Waals surface area contributed by atoms with Crippen LogP contribution < -0.4 is 10.0 Å². The maximum atomic E-state index is 15.6. The predicted molar refractivity (Wildman–Crippen MR) is 139 cm³/mol. The molecule has 1 saturated carbocycles. The number of hydrogen-bond acceptors (Lipinski definition) is 7. The topological polar surface area (TPSA) is 153 Å². The summed E-state index contributed by atoms with van der Waals surface area (Å²) in [4.78, 5) is 28.9. The number of amides is 1. The molecule has 1 aliphatic carbocycles. The lowest BCUT2D eigenvalue weighted by atomic mass is 10.1. The summed E-state index contributed by atoms with van der Waals surface area (Å²) < 4.78 is 42.1. The minimum Gasteiger partial charge on any atom is -0.465 e. The Morgan fingerprint density at radius 2 is 2.08 bits per heavy atom. The maximum Gasteiger partial charge on any atom is 0.407 e. The summed E-state index contributed by atoms with van der Waals surface area (Å²) in [5, 5.41) is 12.3. The highest BCUT2D eigenvalue weighted by atomic mass is 35.5. The molecular formula is C23H27ClFN7O4S. The minimum absolute atomic E-state index is 0.0422. The Morgan fingerprint density at radius 1 is 1.35 bits per heavy atom. The second kappa shape index (κ2) is 10.5. The predicted octanol–water partition coefficient (Wildman–Crippen LogP) is 4.38. The highest BCUT2D eigenvalue weighted by Crippen LogP contribution is 2.43. The normalized spacial score (nSPS) is 14.3. The Labute approximate surface area is 218 Å². The molecular weight excluding hydrogens is 525 g/mol. The van der Waals surface area contributed by atoms with Crippen LogP contribution in [-0.4, -0.2) is 69.8 Å². The number of benzene rings is 1. The number of hydrogen-bond donors (Lipinski definition) is 4. The zero-order valence-electron chi connectivity index (χ0n) is 20.4. The number of sulfonamides is 1. The molecule has 1 aromatic carbocycles. The van der Waals surface area contributed by atoms with Gasteiger partial charge in [0, 0.05) is 42.3 Å². The number of carbonyl (C=O) groups is 1. The first-order valence-corrected chi connectivity index (χ1v) is 13.6. The van der Waals surface area contributed by atoms with Crippen LogP contribution in [0, 0.1) is 5.82 Å². The Hall–Kier alpha value is -3.45. The molecule has 1 fully saturated rings. The molecule has 1 atom stereocenters. The average Bonchev–Trinajstić information content (AvgIpc) is 3.62. The highest BCUT2D eigenvalue weighted by Gasteiger charge is 2.30. The molecule has 0 spiro atoms. The first kappa shape index (κ1) is 26.6. The summed E-state index contributed by atoms with van der Waals surface area (Å²) in [5.41, 5.74) is 0.834. The Balaban J connectivity index is 1.72. The fraction of sp³-hybridized carbons (Fsp3) is 0.391. The number of nitrogens with zero attached hydrogens (tertiary/aromatic N) is 4. The van der Waals surface area contributed by atoms with Crippen molar-refractivity contribution < 1.29 is 22.7 Å². The fourth-order valence-corrected chi connectivity index (χ4v) is 4.39. The van der Waals surface area contributed by atoms with E-state index in [9.17, 15) is 13.2 Å². The molecule has 3 aromatic rings. The molecule has 0 bridgehead atoms. The third kappa shape index (κ3) is 6.10. The van der Waals surface area contributed by atoms with Gasteiger partial charge in [-0.15, -0.1) is 0 Å². The molecule has 1 amide bonds. The number of halogens is 2. The maximum absolute atomic E-state index is 15.6. The van der Waals surface area contributed by atoms with Gasteiger partial charge >= 0.3 is 6.09 Å². The summed E-state index contributed by atoms with van der Waals surface area (Å²) in [7, 11) is -2.28. The second-order valence-electron chi connectivity index (χ2n) is 8.83. The van der Waals surface area contributed by atoms with Crippen molar-refractivity contribution >= 4 is 39.4 Å². The summed E-state index contributed by atoms with van der Waals surface area (Å²) in [6.45, 7) is 3.45. The molecule has 0 aliphatic heterocycles. The standard InChI is InChI=1S/C23H27ClFN7O4S/c1-4-37(35,36)31-17-10-14(24)9-15(18(17)25)19-20(30-21(29-19)13-5-6-13)16-7-8-26-22(28-16)27-11-12(2)32(3)23(33)34/h7-10,12-13,31H,4-6,11H2,1-3H3,(H,29,30)(H,33,34)(H,26,27,28)/t12-/m0/s1. The molecule has 2 heterocycles. The number of carboxylic acid groups (broad SMARTS) is 1. The van der Waals surface area contributed by atoms with E-state index in [-0.39, 0.29) is 46.5 Å². The van der Waals surface area contributed by atoms with Crippen LogP contribution in [0.25, 0.3) is 22.6 Å². The van der Waals surface area contributed by atoms with Crippen molar-refractivity contribution in [1.82, 2.24) is 24.8 Å². The summed E-state index contributed by atoms with van der Waals surface area (Å²) in [5.74, 6) is 0.0941. The minimum atomic E-state index is -3.75. The molecule has 11 nitrogen and oxygen atoms in total. The summed E-state index contributed by atoms with van der Waals surface area (Å²) in [6, 6.07) is 3.89. The van der Waals surface area contributed by atoms with Crippen molar-refractivity contribution in [1.29, 1.82) is 0 Å². The quantitative estimate of drug-likeness (QED) is 0.289. The molecule has 37 heavy (non-hydrogen) atoms. The van der Waals surface area contributed by atoms with Gasteiger partial charge in [-0.3, -0.25) is 4.72 Å². The zero-order chi connectivity index (χ0) is 26.9. The first-order chi connectivity index (χ1) is 17.5. The molecule has 198 valence electrons. The lowest BCUT2D eigenvalue weighted by Crippen LogP contribution is -2.38. The van der Waals surface area contributed by atoms with E-state index in [1.807, 2.05) is 0 Å². The largest absolute Gasteiger partial charge is 0.465 e. The van der Waals surface area contributed by atoms with Crippen molar-refractivity contribution in [3.05, 3.63) is 41.1 Å². The lowest BCUT2D eigenvalue weighted by Gasteiger charge is -2.21. The van der Waals surface area contributed by atoms with E-state index >= 15 is 4.39 Å². The number of likely N-dealkylation sites (N-methyl/N-ethyl adjacent to an activating group) is 1.